The molecule has 0 fully saturated rings. The molecule has 0 heterocycles. The number of carbonyl (C=O) groups excluding carboxylic acids is 2. The number of sulfonamides is 1. The summed E-state index contributed by atoms with van der Waals surface area (Å²) in [4.78, 5) is 28.2. The maximum Gasteiger partial charge on any atom is 0.244 e. The zero-order valence-electron chi connectivity index (χ0n) is 20.7. The van der Waals surface area contributed by atoms with Crippen LogP contribution in [0, 0.1) is 0 Å². The number of hydrogen-bond donors (Lipinski definition) is 1. The van der Waals surface area contributed by atoms with Crippen molar-refractivity contribution in [1.29, 1.82) is 0 Å². The highest BCUT2D eigenvalue weighted by Gasteiger charge is 2.32. The van der Waals surface area contributed by atoms with Crippen LogP contribution in [0.2, 0.25) is 0 Å². The maximum absolute atomic E-state index is 13.7. The maximum atomic E-state index is 13.7. The van der Waals surface area contributed by atoms with Crippen LogP contribution in [-0.2, 0) is 32.6 Å². The fraction of sp³-hybridized carbons (Fsp3) is 0.462. The summed E-state index contributed by atoms with van der Waals surface area (Å²) in [6, 6.07) is 15.9. The van der Waals surface area contributed by atoms with Crippen LogP contribution in [0.15, 0.2) is 54.6 Å². The lowest BCUT2D eigenvalue weighted by molar-refractivity contribution is -0.140. The summed E-state index contributed by atoms with van der Waals surface area (Å²) in [5.41, 5.74) is 2.19. The number of rotatable bonds is 13. The number of benzene rings is 2. The third-order valence-electron chi connectivity index (χ3n) is 5.73. The molecule has 0 aliphatic heterocycles. The highest BCUT2D eigenvalue weighted by Crippen LogP contribution is 2.24. The molecule has 0 unspecified atom stereocenters. The lowest BCUT2D eigenvalue weighted by atomic mass is 10.1. The van der Waals surface area contributed by atoms with Crippen LogP contribution >= 0.6 is 0 Å². The first-order valence-electron chi connectivity index (χ1n) is 11.9. The number of aryl methyl sites for hydroxylation is 1. The molecule has 186 valence electrons. The second-order valence-electron chi connectivity index (χ2n) is 8.33. The van der Waals surface area contributed by atoms with Crippen LogP contribution in [-0.4, -0.2) is 50.5 Å². The van der Waals surface area contributed by atoms with Gasteiger partial charge in [-0.15, -0.1) is 0 Å². The number of unbranched alkanes of at least 4 members (excludes halogenated alkanes) is 1. The van der Waals surface area contributed by atoms with Gasteiger partial charge in [-0.3, -0.25) is 13.9 Å². The topological polar surface area (TPSA) is 86.8 Å². The Hall–Kier alpha value is -2.87. The zero-order chi connectivity index (χ0) is 25.1. The molecule has 8 heteroatoms. The molecule has 7 nitrogen and oxygen atoms in total. The number of anilines is 1. The van der Waals surface area contributed by atoms with E-state index in [9.17, 15) is 18.0 Å². The van der Waals surface area contributed by atoms with Gasteiger partial charge < -0.3 is 10.2 Å². The van der Waals surface area contributed by atoms with E-state index in [1.807, 2.05) is 63.2 Å². The minimum Gasteiger partial charge on any atom is -0.354 e. The summed E-state index contributed by atoms with van der Waals surface area (Å²) in [6.07, 6.45) is 3.94. The number of carbonyl (C=O) groups is 2. The van der Waals surface area contributed by atoms with Gasteiger partial charge in [-0.1, -0.05) is 75.7 Å². The van der Waals surface area contributed by atoms with E-state index in [2.05, 4.69) is 5.32 Å². The van der Waals surface area contributed by atoms with Gasteiger partial charge in [-0.25, -0.2) is 8.42 Å². The highest BCUT2D eigenvalue weighted by molar-refractivity contribution is 7.92. The highest BCUT2D eigenvalue weighted by atomic mass is 32.2. The minimum atomic E-state index is -3.74. The molecule has 2 amide bonds. The predicted molar refractivity (Wildman–Crippen MR) is 137 cm³/mol. The fourth-order valence-electron chi connectivity index (χ4n) is 3.85. The molecule has 0 bridgehead atoms. The number of amides is 2. The van der Waals surface area contributed by atoms with Gasteiger partial charge in [0.1, 0.15) is 12.6 Å². The average molecular weight is 488 g/mol. The van der Waals surface area contributed by atoms with E-state index in [1.54, 1.807) is 12.1 Å². The lowest BCUT2D eigenvalue weighted by Crippen LogP contribution is -2.52. The normalized spacial score (nSPS) is 12.1. The Labute approximate surface area is 204 Å². The molecule has 1 N–H and O–H groups in total. The van der Waals surface area contributed by atoms with E-state index in [0.717, 1.165) is 34.5 Å². The van der Waals surface area contributed by atoms with Crippen LogP contribution in [0.4, 0.5) is 5.69 Å². The molecule has 0 aromatic heterocycles. The smallest absolute Gasteiger partial charge is 0.244 e. The summed E-state index contributed by atoms with van der Waals surface area (Å²) in [7, 11) is -3.74. The van der Waals surface area contributed by atoms with Crippen molar-refractivity contribution < 1.29 is 18.0 Å². The lowest BCUT2D eigenvalue weighted by Gasteiger charge is -2.33. The first-order chi connectivity index (χ1) is 16.2. The molecule has 0 saturated carbocycles. The molecule has 0 saturated heterocycles. The monoisotopic (exact) mass is 487 g/mol. The molecule has 0 radical (unpaired) electrons. The van der Waals surface area contributed by atoms with Gasteiger partial charge in [0, 0.05) is 13.1 Å². The Morgan fingerprint density at radius 1 is 0.971 bits per heavy atom. The fourth-order valence-corrected chi connectivity index (χ4v) is 4.73. The average Bonchev–Trinajstić information content (AvgIpc) is 2.82. The van der Waals surface area contributed by atoms with E-state index in [-0.39, 0.29) is 19.0 Å². The van der Waals surface area contributed by atoms with Gasteiger partial charge in [-0.2, -0.15) is 0 Å². The van der Waals surface area contributed by atoms with Crippen LogP contribution in [0.25, 0.3) is 0 Å². The van der Waals surface area contributed by atoms with Crippen molar-refractivity contribution in [2.45, 2.75) is 59.0 Å². The molecule has 0 aliphatic carbocycles. The van der Waals surface area contributed by atoms with E-state index < -0.39 is 22.0 Å². The van der Waals surface area contributed by atoms with Crippen molar-refractivity contribution in [2.75, 3.05) is 23.7 Å². The van der Waals surface area contributed by atoms with Gasteiger partial charge >= 0.3 is 0 Å². The van der Waals surface area contributed by atoms with Crippen molar-refractivity contribution >= 4 is 27.5 Å². The number of para-hydroxylation sites is 1. The molecule has 2 aromatic carbocycles. The molecule has 1 atom stereocenters. The molecular formula is C26H37N3O4S. The summed E-state index contributed by atoms with van der Waals surface area (Å²) in [5.74, 6) is -0.641. The third-order valence-corrected chi connectivity index (χ3v) is 6.86. The van der Waals surface area contributed by atoms with E-state index in [4.69, 9.17) is 0 Å². The van der Waals surface area contributed by atoms with Crippen molar-refractivity contribution in [1.82, 2.24) is 10.2 Å². The largest absolute Gasteiger partial charge is 0.354 e. The SMILES string of the molecule is CCCCNC(=O)[C@@H](CC)N(Cc1ccccc1)C(=O)CN(c1ccccc1CC)S(C)(=O)=O. The van der Waals surface area contributed by atoms with E-state index >= 15 is 0 Å². The summed E-state index contributed by atoms with van der Waals surface area (Å²) >= 11 is 0. The van der Waals surface area contributed by atoms with Crippen LogP contribution in [0.5, 0.6) is 0 Å². The number of nitrogens with one attached hydrogen (secondary N) is 1. The first kappa shape index (κ1) is 27.4. The molecule has 34 heavy (non-hydrogen) atoms. The zero-order valence-corrected chi connectivity index (χ0v) is 21.5. The Kier molecular flexibility index (Phi) is 10.6. The summed E-state index contributed by atoms with van der Waals surface area (Å²) in [5, 5.41) is 2.92. The van der Waals surface area contributed by atoms with Gasteiger partial charge in [0.25, 0.3) is 0 Å². The predicted octanol–water partition coefficient (Wildman–Crippen LogP) is 3.74. The van der Waals surface area contributed by atoms with Crippen LogP contribution < -0.4 is 9.62 Å². The van der Waals surface area contributed by atoms with Crippen molar-refractivity contribution in [3.8, 4) is 0 Å². The van der Waals surface area contributed by atoms with Crippen molar-refractivity contribution in [3.05, 3.63) is 65.7 Å². The first-order valence-corrected chi connectivity index (χ1v) is 13.7. The second-order valence-corrected chi connectivity index (χ2v) is 10.2. The molecule has 2 aromatic rings. The van der Waals surface area contributed by atoms with Crippen molar-refractivity contribution in [2.24, 2.45) is 0 Å². The number of nitrogens with zero attached hydrogens (tertiary/aromatic N) is 2. The standard InChI is InChI=1S/C26H37N3O4S/c1-5-8-18-27-26(31)23(7-3)28(19-21-14-10-9-11-15-21)25(30)20-29(34(4,32)33)24-17-13-12-16-22(24)6-2/h9-17,23H,5-8,18-20H2,1-4H3,(H,27,31)/t23-/m1/s1. The Morgan fingerprint density at radius 2 is 1.62 bits per heavy atom. The Morgan fingerprint density at radius 3 is 2.21 bits per heavy atom. The van der Waals surface area contributed by atoms with Gasteiger partial charge in [0.15, 0.2) is 0 Å². The molecular weight excluding hydrogens is 450 g/mol. The summed E-state index contributed by atoms with van der Waals surface area (Å²) < 4.78 is 26.6. The van der Waals surface area contributed by atoms with Crippen molar-refractivity contribution in [3.63, 3.8) is 0 Å². The van der Waals surface area contributed by atoms with Crippen LogP contribution in [0.1, 0.15) is 51.2 Å². The van der Waals surface area contributed by atoms with Gasteiger partial charge in [0.2, 0.25) is 21.8 Å². The van der Waals surface area contributed by atoms with E-state index in [1.165, 1.54) is 4.90 Å². The third kappa shape index (κ3) is 7.58. The molecule has 0 aliphatic rings. The Bertz CT molecular complexity index is 1040. The van der Waals surface area contributed by atoms with Gasteiger partial charge in [-0.05, 0) is 36.5 Å². The number of hydrogen-bond acceptors (Lipinski definition) is 4. The van der Waals surface area contributed by atoms with E-state index in [0.29, 0.717) is 25.1 Å². The van der Waals surface area contributed by atoms with Gasteiger partial charge in [0.05, 0.1) is 11.9 Å². The summed E-state index contributed by atoms with van der Waals surface area (Å²) in [6.45, 7) is 6.22. The quantitative estimate of drug-likeness (QED) is 0.436. The van der Waals surface area contributed by atoms with Crippen LogP contribution in [0.3, 0.4) is 0 Å². The second kappa shape index (κ2) is 13.1. The molecule has 0 spiro atoms. The Balaban J connectivity index is 2.41. The minimum absolute atomic E-state index is 0.215. The molecule has 2 rings (SSSR count).